The van der Waals surface area contributed by atoms with Gasteiger partial charge in [0.1, 0.15) is 0 Å². The first kappa shape index (κ1) is 20.0. The first-order chi connectivity index (χ1) is 13.8. The van der Waals surface area contributed by atoms with Crippen molar-refractivity contribution in [3.05, 3.63) is 58.7 Å². The van der Waals surface area contributed by atoms with Gasteiger partial charge in [-0.05, 0) is 78.6 Å². The molecule has 1 aliphatic carbocycles. The Bertz CT molecular complexity index is 1040. The number of rotatable bonds is 4. The van der Waals surface area contributed by atoms with Crippen LogP contribution in [0.3, 0.4) is 0 Å². The molecule has 4 rings (SSSR count). The molecule has 1 N–H and O–H groups in total. The van der Waals surface area contributed by atoms with Crippen molar-refractivity contribution < 1.29 is 13.2 Å². The van der Waals surface area contributed by atoms with Crippen molar-refractivity contribution >= 4 is 21.6 Å². The molecule has 5 nitrogen and oxygen atoms in total. The van der Waals surface area contributed by atoms with Crippen LogP contribution in [0, 0.1) is 5.92 Å². The van der Waals surface area contributed by atoms with Gasteiger partial charge in [-0.2, -0.15) is 0 Å². The molecule has 29 heavy (non-hydrogen) atoms. The van der Waals surface area contributed by atoms with E-state index < -0.39 is 10.0 Å². The lowest BCUT2D eigenvalue weighted by molar-refractivity contribution is -0.135. The van der Waals surface area contributed by atoms with Crippen molar-refractivity contribution in [2.45, 2.75) is 57.4 Å². The summed E-state index contributed by atoms with van der Waals surface area (Å²) >= 11 is 0. The molecular weight excluding hydrogens is 384 g/mol. The van der Waals surface area contributed by atoms with E-state index in [1.165, 1.54) is 17.5 Å². The first-order valence-electron chi connectivity index (χ1n) is 10.4. The lowest BCUT2D eigenvalue weighted by Crippen LogP contribution is -2.38. The third-order valence-corrected chi connectivity index (χ3v) is 7.29. The summed E-state index contributed by atoms with van der Waals surface area (Å²) in [6.45, 7) is 5.05. The molecule has 0 aromatic heterocycles. The summed E-state index contributed by atoms with van der Waals surface area (Å²) < 4.78 is 28.6. The Kier molecular flexibility index (Phi) is 5.38. The topological polar surface area (TPSA) is 66.5 Å². The van der Waals surface area contributed by atoms with E-state index in [0.29, 0.717) is 23.7 Å². The Hall–Kier alpha value is -2.34. The number of carbonyl (C=O) groups is 1. The fourth-order valence-electron chi connectivity index (χ4n) is 4.26. The maximum atomic E-state index is 12.9. The maximum Gasteiger partial charge on any atom is 0.261 e. The highest BCUT2D eigenvalue weighted by atomic mass is 32.2. The van der Waals surface area contributed by atoms with E-state index in [4.69, 9.17) is 0 Å². The van der Waals surface area contributed by atoms with Crippen LogP contribution in [-0.4, -0.2) is 25.8 Å². The highest BCUT2D eigenvalue weighted by Crippen LogP contribution is 2.27. The Morgan fingerprint density at radius 1 is 0.931 bits per heavy atom. The normalized spacial score (nSPS) is 16.3. The molecule has 2 aromatic carbocycles. The number of sulfonamides is 1. The van der Waals surface area contributed by atoms with Crippen LogP contribution in [0.4, 0.5) is 5.69 Å². The van der Waals surface area contributed by atoms with Crippen LogP contribution in [0.1, 0.15) is 48.9 Å². The van der Waals surface area contributed by atoms with Gasteiger partial charge in [-0.3, -0.25) is 9.52 Å². The van der Waals surface area contributed by atoms with E-state index in [-0.39, 0.29) is 11.8 Å². The molecule has 154 valence electrons. The number of hydrogen-bond acceptors (Lipinski definition) is 3. The van der Waals surface area contributed by atoms with Gasteiger partial charge in [-0.1, -0.05) is 26.0 Å². The molecule has 2 aromatic rings. The number of nitrogens with zero attached hydrogens (tertiary/aromatic N) is 1. The van der Waals surface area contributed by atoms with E-state index >= 15 is 0 Å². The van der Waals surface area contributed by atoms with Gasteiger partial charge in [0, 0.05) is 24.7 Å². The van der Waals surface area contributed by atoms with Crippen LogP contribution < -0.4 is 4.72 Å². The SMILES string of the molecule is CC(C)C(=O)N1CCc2ccc(NS(=O)(=O)c3ccc4c(c3)CCCC4)cc2C1. The van der Waals surface area contributed by atoms with Gasteiger partial charge in [0.15, 0.2) is 0 Å². The summed E-state index contributed by atoms with van der Waals surface area (Å²) in [7, 11) is -3.65. The standard InChI is InChI=1S/C23H28N2O3S/c1-16(2)23(26)25-12-11-18-7-9-21(13-20(18)15-25)24-29(27,28)22-10-8-17-5-3-4-6-19(17)14-22/h7-10,13-14,16,24H,3-6,11-12,15H2,1-2H3. The summed E-state index contributed by atoms with van der Waals surface area (Å²) in [5.74, 6) is 0.0953. The van der Waals surface area contributed by atoms with Crippen LogP contribution in [0.5, 0.6) is 0 Å². The molecule has 0 atom stereocenters. The average molecular weight is 413 g/mol. The number of fused-ring (bicyclic) bond motifs is 2. The molecule has 1 heterocycles. The smallest absolute Gasteiger partial charge is 0.261 e. The number of anilines is 1. The van der Waals surface area contributed by atoms with Crippen molar-refractivity contribution in [2.24, 2.45) is 5.92 Å². The lowest BCUT2D eigenvalue weighted by atomic mass is 9.92. The zero-order valence-corrected chi connectivity index (χ0v) is 17.9. The monoisotopic (exact) mass is 412 g/mol. The predicted molar refractivity (Wildman–Crippen MR) is 114 cm³/mol. The van der Waals surface area contributed by atoms with Crippen LogP contribution in [0.2, 0.25) is 0 Å². The van der Waals surface area contributed by atoms with E-state index in [1.54, 1.807) is 6.07 Å². The summed E-state index contributed by atoms with van der Waals surface area (Å²) in [4.78, 5) is 14.5. The minimum absolute atomic E-state index is 0.0396. The van der Waals surface area contributed by atoms with Gasteiger partial charge in [0.2, 0.25) is 5.91 Å². The lowest BCUT2D eigenvalue weighted by Gasteiger charge is -2.30. The largest absolute Gasteiger partial charge is 0.338 e. The molecule has 0 bridgehead atoms. The molecule has 0 saturated carbocycles. The molecule has 0 saturated heterocycles. The summed E-state index contributed by atoms with van der Waals surface area (Å²) in [6.07, 6.45) is 5.05. The number of hydrogen-bond donors (Lipinski definition) is 1. The van der Waals surface area contributed by atoms with Gasteiger partial charge in [0.25, 0.3) is 10.0 Å². The van der Waals surface area contributed by atoms with Gasteiger partial charge < -0.3 is 4.90 Å². The number of aryl methyl sites for hydroxylation is 2. The molecule has 6 heteroatoms. The molecular formula is C23H28N2O3S. The minimum Gasteiger partial charge on any atom is -0.338 e. The fourth-order valence-corrected chi connectivity index (χ4v) is 5.36. The zero-order valence-electron chi connectivity index (χ0n) is 17.1. The van der Waals surface area contributed by atoms with Gasteiger partial charge in [-0.15, -0.1) is 0 Å². The average Bonchev–Trinajstić information content (AvgIpc) is 2.72. The Morgan fingerprint density at radius 2 is 1.62 bits per heavy atom. The van der Waals surface area contributed by atoms with E-state index in [1.807, 2.05) is 49.1 Å². The first-order valence-corrected chi connectivity index (χ1v) is 11.9. The number of carbonyl (C=O) groups excluding carboxylic acids is 1. The van der Waals surface area contributed by atoms with Crippen LogP contribution in [-0.2, 0) is 40.6 Å². The summed E-state index contributed by atoms with van der Waals surface area (Å²) in [6, 6.07) is 11.1. The van der Waals surface area contributed by atoms with Gasteiger partial charge in [-0.25, -0.2) is 8.42 Å². The number of benzene rings is 2. The van der Waals surface area contributed by atoms with Gasteiger partial charge in [0.05, 0.1) is 4.90 Å². The van der Waals surface area contributed by atoms with E-state index in [0.717, 1.165) is 36.8 Å². The minimum atomic E-state index is -3.65. The number of amides is 1. The highest BCUT2D eigenvalue weighted by molar-refractivity contribution is 7.92. The van der Waals surface area contributed by atoms with Gasteiger partial charge >= 0.3 is 0 Å². The fraction of sp³-hybridized carbons (Fsp3) is 0.435. The Labute approximate surface area is 173 Å². The third kappa shape index (κ3) is 4.17. The van der Waals surface area contributed by atoms with Crippen molar-refractivity contribution in [3.63, 3.8) is 0 Å². The second kappa shape index (κ2) is 7.82. The molecule has 1 amide bonds. The van der Waals surface area contributed by atoms with Crippen molar-refractivity contribution in [3.8, 4) is 0 Å². The van der Waals surface area contributed by atoms with Crippen LogP contribution in [0.25, 0.3) is 0 Å². The van der Waals surface area contributed by atoms with Crippen molar-refractivity contribution in [2.75, 3.05) is 11.3 Å². The van der Waals surface area contributed by atoms with E-state index in [9.17, 15) is 13.2 Å². The Morgan fingerprint density at radius 3 is 2.38 bits per heavy atom. The Balaban J connectivity index is 1.55. The molecule has 0 radical (unpaired) electrons. The summed E-state index contributed by atoms with van der Waals surface area (Å²) in [5, 5.41) is 0. The molecule has 2 aliphatic rings. The van der Waals surface area contributed by atoms with Crippen LogP contribution in [0.15, 0.2) is 41.3 Å². The second-order valence-corrected chi connectivity index (χ2v) is 10.1. The van der Waals surface area contributed by atoms with Crippen molar-refractivity contribution in [1.82, 2.24) is 4.90 Å². The predicted octanol–water partition coefficient (Wildman–Crippen LogP) is 3.91. The second-order valence-electron chi connectivity index (χ2n) is 8.39. The number of nitrogens with one attached hydrogen (secondary N) is 1. The van der Waals surface area contributed by atoms with E-state index in [2.05, 4.69) is 4.72 Å². The molecule has 0 fully saturated rings. The highest BCUT2D eigenvalue weighted by Gasteiger charge is 2.24. The quantitative estimate of drug-likeness (QED) is 0.828. The summed E-state index contributed by atoms with van der Waals surface area (Å²) in [5.41, 5.74) is 5.14. The molecule has 1 aliphatic heterocycles. The zero-order chi connectivity index (χ0) is 20.6. The third-order valence-electron chi connectivity index (χ3n) is 5.91. The molecule has 0 unspecified atom stereocenters. The van der Waals surface area contributed by atoms with Crippen LogP contribution >= 0.6 is 0 Å². The molecule has 0 spiro atoms. The maximum absolute atomic E-state index is 12.9. The van der Waals surface area contributed by atoms with Crippen molar-refractivity contribution in [1.29, 1.82) is 0 Å².